The van der Waals surface area contributed by atoms with Crippen LogP contribution in [0.3, 0.4) is 0 Å². The van der Waals surface area contributed by atoms with E-state index in [1.807, 2.05) is 14.1 Å². The Bertz CT molecular complexity index is 579. The first kappa shape index (κ1) is 21.6. The SMILES string of the molecule is COc1cc(C(=O)NCCC(=O)NCCCN(C)C)cc(OC)c1OC. The summed E-state index contributed by atoms with van der Waals surface area (Å²) in [6.45, 7) is 1.78. The van der Waals surface area contributed by atoms with E-state index in [9.17, 15) is 9.59 Å². The Kier molecular flexibility index (Phi) is 9.29. The second-order valence-electron chi connectivity index (χ2n) is 5.93. The number of nitrogens with zero attached hydrogens (tertiary/aromatic N) is 1. The molecular weight excluding hydrogens is 338 g/mol. The summed E-state index contributed by atoms with van der Waals surface area (Å²) in [5.74, 6) is 0.813. The highest BCUT2D eigenvalue weighted by atomic mass is 16.5. The van der Waals surface area contributed by atoms with Crippen molar-refractivity contribution in [2.24, 2.45) is 0 Å². The summed E-state index contributed by atoms with van der Waals surface area (Å²) >= 11 is 0. The van der Waals surface area contributed by atoms with E-state index in [1.54, 1.807) is 12.1 Å². The largest absolute Gasteiger partial charge is 0.493 e. The van der Waals surface area contributed by atoms with E-state index >= 15 is 0 Å². The second kappa shape index (κ2) is 11.2. The van der Waals surface area contributed by atoms with E-state index in [1.165, 1.54) is 21.3 Å². The summed E-state index contributed by atoms with van der Waals surface area (Å²) < 4.78 is 15.7. The normalized spacial score (nSPS) is 10.4. The number of ether oxygens (including phenoxy) is 3. The van der Waals surface area contributed by atoms with Crippen molar-refractivity contribution < 1.29 is 23.8 Å². The Balaban J connectivity index is 2.52. The lowest BCUT2D eigenvalue weighted by atomic mass is 10.1. The van der Waals surface area contributed by atoms with Crippen molar-refractivity contribution in [1.29, 1.82) is 0 Å². The van der Waals surface area contributed by atoms with Gasteiger partial charge in [-0.15, -0.1) is 0 Å². The molecule has 0 aliphatic rings. The van der Waals surface area contributed by atoms with E-state index in [-0.39, 0.29) is 24.8 Å². The van der Waals surface area contributed by atoms with Crippen LogP contribution >= 0.6 is 0 Å². The minimum absolute atomic E-state index is 0.0889. The summed E-state index contributed by atoms with van der Waals surface area (Å²) in [5, 5.41) is 5.55. The number of hydrogen-bond donors (Lipinski definition) is 2. The maximum atomic E-state index is 12.3. The molecule has 0 aliphatic carbocycles. The number of methoxy groups -OCH3 is 3. The molecule has 2 amide bonds. The fraction of sp³-hybridized carbons (Fsp3) is 0.556. The number of benzene rings is 1. The highest BCUT2D eigenvalue weighted by Gasteiger charge is 2.17. The molecule has 0 heterocycles. The molecule has 0 spiro atoms. The van der Waals surface area contributed by atoms with Crippen molar-refractivity contribution >= 4 is 11.8 Å². The lowest BCUT2D eigenvalue weighted by Crippen LogP contribution is -2.32. The molecule has 0 aromatic heterocycles. The number of carbonyl (C=O) groups excluding carboxylic acids is 2. The molecule has 0 radical (unpaired) electrons. The Morgan fingerprint density at radius 1 is 0.962 bits per heavy atom. The lowest BCUT2D eigenvalue weighted by Gasteiger charge is -2.14. The van der Waals surface area contributed by atoms with Gasteiger partial charge in [0.05, 0.1) is 21.3 Å². The molecular formula is C18H29N3O5. The van der Waals surface area contributed by atoms with Crippen LogP contribution in [0, 0.1) is 0 Å². The molecule has 26 heavy (non-hydrogen) atoms. The van der Waals surface area contributed by atoms with Gasteiger partial charge < -0.3 is 29.7 Å². The molecule has 0 bridgehead atoms. The fourth-order valence-corrected chi connectivity index (χ4v) is 2.32. The smallest absolute Gasteiger partial charge is 0.251 e. The number of carbonyl (C=O) groups is 2. The summed E-state index contributed by atoms with van der Waals surface area (Å²) in [4.78, 5) is 26.1. The molecule has 2 N–H and O–H groups in total. The van der Waals surface area contributed by atoms with Gasteiger partial charge in [-0.2, -0.15) is 0 Å². The van der Waals surface area contributed by atoms with Gasteiger partial charge in [-0.3, -0.25) is 9.59 Å². The Morgan fingerprint density at radius 3 is 2.08 bits per heavy atom. The molecule has 0 saturated carbocycles. The predicted molar refractivity (Wildman–Crippen MR) is 99.2 cm³/mol. The minimum atomic E-state index is -0.315. The first-order chi connectivity index (χ1) is 12.4. The maximum Gasteiger partial charge on any atom is 0.251 e. The third-order valence-electron chi connectivity index (χ3n) is 3.67. The van der Waals surface area contributed by atoms with E-state index in [0.29, 0.717) is 29.4 Å². The summed E-state index contributed by atoms with van der Waals surface area (Å²) in [5.41, 5.74) is 0.367. The molecule has 146 valence electrons. The fourth-order valence-electron chi connectivity index (χ4n) is 2.32. The van der Waals surface area contributed by atoms with Gasteiger partial charge in [0.25, 0.3) is 5.91 Å². The van der Waals surface area contributed by atoms with Crippen LogP contribution in [0.25, 0.3) is 0 Å². The topological polar surface area (TPSA) is 89.1 Å². The van der Waals surface area contributed by atoms with Gasteiger partial charge in [0.1, 0.15) is 0 Å². The van der Waals surface area contributed by atoms with Crippen molar-refractivity contribution in [3.05, 3.63) is 17.7 Å². The Labute approximate surface area is 154 Å². The molecule has 1 aromatic rings. The summed E-state index contributed by atoms with van der Waals surface area (Å²) in [6.07, 6.45) is 1.11. The van der Waals surface area contributed by atoms with E-state index in [2.05, 4.69) is 15.5 Å². The van der Waals surface area contributed by atoms with Crippen LogP contribution in [-0.4, -0.2) is 71.8 Å². The first-order valence-corrected chi connectivity index (χ1v) is 8.42. The standard InChI is InChI=1S/C18H29N3O5/c1-21(2)10-6-8-19-16(22)7-9-20-18(23)13-11-14(24-3)17(26-5)15(12-13)25-4/h11-12H,6-10H2,1-5H3,(H,19,22)(H,20,23). The van der Waals surface area contributed by atoms with Crippen molar-refractivity contribution in [3.63, 3.8) is 0 Å². The summed E-state index contributed by atoms with van der Waals surface area (Å²) in [6, 6.07) is 3.13. The average molecular weight is 367 g/mol. The Hall–Kier alpha value is -2.48. The molecule has 1 aromatic carbocycles. The molecule has 0 saturated heterocycles. The number of amides is 2. The van der Waals surface area contributed by atoms with E-state index < -0.39 is 0 Å². The number of nitrogens with one attached hydrogen (secondary N) is 2. The zero-order chi connectivity index (χ0) is 19.5. The van der Waals surface area contributed by atoms with Gasteiger partial charge in [-0.05, 0) is 39.2 Å². The monoisotopic (exact) mass is 367 g/mol. The molecule has 8 nitrogen and oxygen atoms in total. The molecule has 1 rings (SSSR count). The highest BCUT2D eigenvalue weighted by molar-refractivity contribution is 5.95. The molecule has 0 unspecified atom stereocenters. The van der Waals surface area contributed by atoms with Crippen LogP contribution in [0.15, 0.2) is 12.1 Å². The highest BCUT2D eigenvalue weighted by Crippen LogP contribution is 2.38. The third-order valence-corrected chi connectivity index (χ3v) is 3.67. The number of rotatable bonds is 11. The van der Waals surface area contributed by atoms with Crippen LogP contribution in [-0.2, 0) is 4.79 Å². The van der Waals surface area contributed by atoms with Crippen LogP contribution in [0.5, 0.6) is 17.2 Å². The van der Waals surface area contributed by atoms with Gasteiger partial charge in [0, 0.05) is 25.1 Å². The lowest BCUT2D eigenvalue weighted by molar-refractivity contribution is -0.120. The average Bonchev–Trinajstić information content (AvgIpc) is 2.63. The predicted octanol–water partition coefficient (Wildman–Crippen LogP) is 0.900. The number of hydrogen-bond acceptors (Lipinski definition) is 6. The van der Waals surface area contributed by atoms with E-state index in [0.717, 1.165) is 13.0 Å². The molecule has 8 heteroatoms. The second-order valence-corrected chi connectivity index (χ2v) is 5.93. The van der Waals surface area contributed by atoms with Crippen LogP contribution in [0.4, 0.5) is 0 Å². The molecule has 0 fully saturated rings. The first-order valence-electron chi connectivity index (χ1n) is 8.42. The van der Waals surface area contributed by atoms with Gasteiger partial charge >= 0.3 is 0 Å². The van der Waals surface area contributed by atoms with Crippen molar-refractivity contribution in [1.82, 2.24) is 15.5 Å². The van der Waals surface area contributed by atoms with Gasteiger partial charge in [0.2, 0.25) is 11.7 Å². The van der Waals surface area contributed by atoms with Gasteiger partial charge in [-0.1, -0.05) is 0 Å². The van der Waals surface area contributed by atoms with Crippen molar-refractivity contribution in [2.75, 3.05) is 55.1 Å². The van der Waals surface area contributed by atoms with E-state index in [4.69, 9.17) is 14.2 Å². The van der Waals surface area contributed by atoms with Crippen LogP contribution in [0.1, 0.15) is 23.2 Å². The summed E-state index contributed by atoms with van der Waals surface area (Å²) in [7, 11) is 8.44. The van der Waals surface area contributed by atoms with Gasteiger partial charge in [0.15, 0.2) is 11.5 Å². The minimum Gasteiger partial charge on any atom is -0.493 e. The van der Waals surface area contributed by atoms with Crippen LogP contribution in [0.2, 0.25) is 0 Å². The van der Waals surface area contributed by atoms with Gasteiger partial charge in [-0.25, -0.2) is 0 Å². The van der Waals surface area contributed by atoms with Crippen molar-refractivity contribution in [3.8, 4) is 17.2 Å². The molecule has 0 aliphatic heterocycles. The zero-order valence-electron chi connectivity index (χ0n) is 16.2. The quantitative estimate of drug-likeness (QED) is 0.565. The zero-order valence-corrected chi connectivity index (χ0v) is 16.2. The molecule has 0 atom stereocenters. The van der Waals surface area contributed by atoms with Crippen LogP contribution < -0.4 is 24.8 Å². The van der Waals surface area contributed by atoms with Crippen molar-refractivity contribution in [2.45, 2.75) is 12.8 Å². The Morgan fingerprint density at radius 2 is 1.58 bits per heavy atom. The third kappa shape index (κ3) is 6.79. The maximum absolute atomic E-state index is 12.3.